The maximum Gasteiger partial charge on any atom is 0.303 e. The number of nitrogens with zero attached hydrogens (tertiary/aromatic N) is 3. The number of halogens is 1. The van der Waals surface area contributed by atoms with Gasteiger partial charge < -0.3 is 10.0 Å². The average Bonchev–Trinajstić information content (AvgIpc) is 3.18. The van der Waals surface area contributed by atoms with Crippen molar-refractivity contribution in [3.8, 4) is 0 Å². The largest absolute Gasteiger partial charge is 0.481 e. The average molecular weight is 349 g/mol. The molecule has 8 heteroatoms. The highest BCUT2D eigenvalue weighted by Gasteiger charge is 2.39. The third-order valence-electron chi connectivity index (χ3n) is 4.48. The molecule has 0 spiro atoms. The number of aromatic nitrogens is 3. The summed E-state index contributed by atoms with van der Waals surface area (Å²) < 4.78 is 0. The van der Waals surface area contributed by atoms with E-state index in [1.807, 2.05) is 0 Å². The van der Waals surface area contributed by atoms with Crippen LogP contribution in [0.4, 0.5) is 0 Å². The molecule has 1 saturated heterocycles. The quantitative estimate of drug-likeness (QED) is 0.881. The van der Waals surface area contributed by atoms with Gasteiger partial charge in [-0.05, 0) is 30.5 Å². The third kappa shape index (κ3) is 3.12. The van der Waals surface area contributed by atoms with Gasteiger partial charge in [-0.3, -0.25) is 9.59 Å². The van der Waals surface area contributed by atoms with E-state index < -0.39 is 5.97 Å². The molecule has 2 aromatic rings. The van der Waals surface area contributed by atoms with Crippen molar-refractivity contribution in [1.29, 1.82) is 0 Å². The number of likely N-dealkylation sites (tertiary alicyclic amines) is 1. The summed E-state index contributed by atoms with van der Waals surface area (Å²) in [5.41, 5.74) is 1.94. The van der Waals surface area contributed by atoms with E-state index in [0.29, 0.717) is 29.4 Å². The Hall–Kier alpha value is -2.41. The van der Waals surface area contributed by atoms with Gasteiger partial charge in [-0.15, -0.1) is 0 Å². The molecule has 1 amide bonds. The topological polar surface area (TPSA) is 99.2 Å². The van der Waals surface area contributed by atoms with E-state index in [-0.39, 0.29) is 24.2 Å². The second-order valence-corrected chi connectivity index (χ2v) is 6.39. The van der Waals surface area contributed by atoms with Crippen molar-refractivity contribution in [2.75, 3.05) is 13.1 Å². The van der Waals surface area contributed by atoms with Crippen LogP contribution in [-0.4, -0.2) is 50.4 Å². The fourth-order valence-corrected chi connectivity index (χ4v) is 3.38. The first kappa shape index (κ1) is 16.4. The molecule has 3 rings (SSSR count). The van der Waals surface area contributed by atoms with Crippen LogP contribution in [0.25, 0.3) is 0 Å². The first-order valence-corrected chi connectivity index (χ1v) is 7.97. The second-order valence-electron chi connectivity index (χ2n) is 5.98. The van der Waals surface area contributed by atoms with Crippen LogP contribution in [0.15, 0.2) is 24.4 Å². The number of amides is 1. The van der Waals surface area contributed by atoms with Gasteiger partial charge in [-0.1, -0.05) is 17.7 Å². The summed E-state index contributed by atoms with van der Waals surface area (Å²) >= 11 is 6.10. The summed E-state index contributed by atoms with van der Waals surface area (Å²) in [5, 5.41) is 20.1. The number of carboxylic acid groups (broad SMARTS) is 1. The van der Waals surface area contributed by atoms with E-state index in [9.17, 15) is 9.59 Å². The van der Waals surface area contributed by atoms with Crippen molar-refractivity contribution in [2.24, 2.45) is 5.92 Å². The molecule has 0 bridgehead atoms. The number of nitrogens with one attached hydrogen (secondary N) is 1. The van der Waals surface area contributed by atoms with E-state index in [4.69, 9.17) is 16.7 Å². The molecule has 2 N–H and O–H groups in total. The number of hydrogen-bond acceptors (Lipinski definition) is 4. The SMILES string of the molecule is Cc1c(Cl)cccc1C(=O)N1C[C@@H](CC(=O)O)[C@@H](c2cn[nH]n2)C1. The number of carbonyl (C=O) groups is 2. The van der Waals surface area contributed by atoms with E-state index >= 15 is 0 Å². The van der Waals surface area contributed by atoms with Crippen LogP contribution >= 0.6 is 11.6 Å². The lowest BCUT2D eigenvalue weighted by Crippen LogP contribution is -2.29. The molecule has 1 aromatic carbocycles. The molecular formula is C16H17ClN4O3. The summed E-state index contributed by atoms with van der Waals surface area (Å²) in [6.45, 7) is 2.58. The minimum Gasteiger partial charge on any atom is -0.481 e. The van der Waals surface area contributed by atoms with Crippen LogP contribution in [-0.2, 0) is 4.79 Å². The highest BCUT2D eigenvalue weighted by molar-refractivity contribution is 6.31. The lowest BCUT2D eigenvalue weighted by atomic mass is 9.91. The van der Waals surface area contributed by atoms with Gasteiger partial charge >= 0.3 is 5.97 Å². The minimum absolute atomic E-state index is 0.0180. The van der Waals surface area contributed by atoms with Crippen molar-refractivity contribution in [3.63, 3.8) is 0 Å². The van der Waals surface area contributed by atoms with Gasteiger partial charge in [0.2, 0.25) is 0 Å². The minimum atomic E-state index is -0.887. The molecular weight excluding hydrogens is 332 g/mol. The molecule has 1 aliphatic heterocycles. The highest BCUT2D eigenvalue weighted by atomic mass is 35.5. The number of aliphatic carboxylic acids is 1. The van der Waals surface area contributed by atoms with Gasteiger partial charge in [0.15, 0.2) is 0 Å². The Morgan fingerprint density at radius 2 is 2.21 bits per heavy atom. The summed E-state index contributed by atoms with van der Waals surface area (Å²) in [4.78, 5) is 25.7. The highest BCUT2D eigenvalue weighted by Crippen LogP contribution is 2.34. The molecule has 0 saturated carbocycles. The maximum atomic E-state index is 12.8. The van der Waals surface area contributed by atoms with Gasteiger partial charge in [-0.2, -0.15) is 15.4 Å². The molecule has 2 atom stereocenters. The van der Waals surface area contributed by atoms with Gasteiger partial charge in [0.1, 0.15) is 0 Å². The summed E-state index contributed by atoms with van der Waals surface area (Å²) in [7, 11) is 0. The predicted molar refractivity (Wildman–Crippen MR) is 87.0 cm³/mol. The molecule has 1 fully saturated rings. The number of H-pyrrole nitrogens is 1. The van der Waals surface area contributed by atoms with E-state index in [1.165, 1.54) is 0 Å². The van der Waals surface area contributed by atoms with Crippen LogP contribution in [0.3, 0.4) is 0 Å². The van der Waals surface area contributed by atoms with Crippen molar-refractivity contribution >= 4 is 23.5 Å². The van der Waals surface area contributed by atoms with Crippen LogP contribution in [0.5, 0.6) is 0 Å². The number of rotatable bonds is 4. The number of carbonyl (C=O) groups excluding carboxylic acids is 1. The molecule has 1 aliphatic rings. The zero-order chi connectivity index (χ0) is 17.3. The molecule has 7 nitrogen and oxygen atoms in total. The first-order valence-electron chi connectivity index (χ1n) is 7.59. The number of hydrogen-bond donors (Lipinski definition) is 2. The van der Waals surface area contributed by atoms with Crippen LogP contribution < -0.4 is 0 Å². The molecule has 2 heterocycles. The molecule has 0 aliphatic carbocycles. The monoisotopic (exact) mass is 348 g/mol. The number of benzene rings is 1. The van der Waals surface area contributed by atoms with E-state index in [0.717, 1.165) is 5.56 Å². The van der Waals surface area contributed by atoms with Gasteiger partial charge in [0.25, 0.3) is 5.91 Å². The fourth-order valence-electron chi connectivity index (χ4n) is 3.20. The van der Waals surface area contributed by atoms with Crippen molar-refractivity contribution < 1.29 is 14.7 Å². The Balaban J connectivity index is 1.85. The smallest absolute Gasteiger partial charge is 0.303 e. The standard InChI is InChI=1S/C16H17ClN4O3/c1-9-11(3-2-4-13(9)17)16(24)21-7-10(5-15(22)23)12(8-21)14-6-18-20-19-14/h2-4,6,10,12H,5,7-8H2,1H3,(H,22,23)(H,18,19,20)/t10-,12+/m1/s1. The van der Waals surface area contributed by atoms with E-state index in [2.05, 4.69) is 15.4 Å². The van der Waals surface area contributed by atoms with Gasteiger partial charge in [0.05, 0.1) is 18.3 Å². The molecule has 0 unspecified atom stereocenters. The number of aromatic amines is 1. The van der Waals surface area contributed by atoms with Crippen LogP contribution in [0, 0.1) is 12.8 Å². The first-order chi connectivity index (χ1) is 11.5. The van der Waals surface area contributed by atoms with Crippen LogP contribution in [0.1, 0.15) is 34.0 Å². The Morgan fingerprint density at radius 1 is 1.42 bits per heavy atom. The zero-order valence-corrected chi connectivity index (χ0v) is 13.8. The van der Waals surface area contributed by atoms with Gasteiger partial charge in [0, 0.05) is 29.6 Å². The Morgan fingerprint density at radius 3 is 2.88 bits per heavy atom. The van der Waals surface area contributed by atoms with Crippen molar-refractivity contribution in [1.82, 2.24) is 20.3 Å². The summed E-state index contributed by atoms with van der Waals surface area (Å²) in [6.07, 6.45) is 1.56. The Bertz CT molecular complexity index is 763. The normalized spacial score (nSPS) is 20.3. The van der Waals surface area contributed by atoms with Crippen LogP contribution in [0.2, 0.25) is 5.02 Å². The predicted octanol–water partition coefficient (Wildman–Crippen LogP) is 2.10. The molecule has 0 radical (unpaired) electrons. The Labute approximate surface area is 143 Å². The lowest BCUT2D eigenvalue weighted by molar-refractivity contribution is -0.138. The fraction of sp³-hybridized carbons (Fsp3) is 0.375. The van der Waals surface area contributed by atoms with E-state index in [1.54, 1.807) is 36.2 Å². The van der Waals surface area contributed by atoms with Crippen molar-refractivity contribution in [3.05, 3.63) is 46.2 Å². The van der Waals surface area contributed by atoms with Gasteiger partial charge in [-0.25, -0.2) is 0 Å². The van der Waals surface area contributed by atoms with Crippen molar-refractivity contribution in [2.45, 2.75) is 19.3 Å². The maximum absolute atomic E-state index is 12.8. The Kier molecular flexibility index (Phi) is 4.53. The summed E-state index contributed by atoms with van der Waals surface area (Å²) in [6, 6.07) is 5.21. The zero-order valence-electron chi connectivity index (χ0n) is 13.1. The molecule has 1 aromatic heterocycles. The third-order valence-corrected chi connectivity index (χ3v) is 4.89. The molecule has 24 heavy (non-hydrogen) atoms. The lowest BCUT2D eigenvalue weighted by Gasteiger charge is -2.18. The molecule has 126 valence electrons. The second kappa shape index (κ2) is 6.60. The summed E-state index contributed by atoms with van der Waals surface area (Å²) in [5.74, 6) is -1.38. The number of carboxylic acids is 1.